The van der Waals surface area contributed by atoms with Gasteiger partial charge in [-0.3, -0.25) is 9.79 Å². The Hall–Kier alpha value is -2.15. The van der Waals surface area contributed by atoms with E-state index in [0.717, 1.165) is 12.0 Å². The van der Waals surface area contributed by atoms with Crippen molar-refractivity contribution < 1.29 is 9.53 Å². The van der Waals surface area contributed by atoms with Crippen molar-refractivity contribution in [1.82, 2.24) is 0 Å². The second-order valence-electron chi connectivity index (χ2n) is 4.49. The molecule has 0 aliphatic heterocycles. The number of benzene rings is 1. The van der Waals surface area contributed by atoms with Crippen LogP contribution in [0.4, 0.5) is 0 Å². The minimum absolute atomic E-state index is 0.0409. The Balaban J connectivity index is 2.81. The molecular weight excluding hydrogens is 252 g/mol. The van der Waals surface area contributed by atoms with E-state index in [1.807, 2.05) is 44.2 Å². The quantitative estimate of drug-likeness (QED) is 0.590. The molecule has 106 valence electrons. The summed E-state index contributed by atoms with van der Waals surface area (Å²) in [4.78, 5) is 15.9. The molecule has 0 radical (unpaired) electrons. The van der Waals surface area contributed by atoms with Gasteiger partial charge in [0.2, 0.25) is 0 Å². The van der Waals surface area contributed by atoms with Gasteiger partial charge in [-0.2, -0.15) is 5.26 Å². The van der Waals surface area contributed by atoms with Gasteiger partial charge in [0.15, 0.2) is 5.92 Å². The number of rotatable bonds is 6. The molecule has 0 aliphatic rings. The standard InChI is InChI=1S/C16H20N2O2/c1-4-15(13-8-6-12(3)7-9-13)18-11-14(10-17)16(19)20-5-2/h6-9,11,14-15H,4-5H2,1-3H3/t14?,15-/m0/s1. The molecule has 0 aliphatic carbocycles. The lowest BCUT2D eigenvalue weighted by molar-refractivity contribution is -0.143. The number of aliphatic imine (C=N–C) groups is 1. The first kappa shape index (κ1) is 15.9. The van der Waals surface area contributed by atoms with Crippen LogP contribution in [-0.2, 0) is 9.53 Å². The highest BCUT2D eigenvalue weighted by molar-refractivity contribution is 5.92. The largest absolute Gasteiger partial charge is 0.465 e. The second-order valence-corrected chi connectivity index (χ2v) is 4.49. The molecule has 0 saturated carbocycles. The molecule has 1 unspecified atom stereocenters. The van der Waals surface area contributed by atoms with Crippen LogP contribution >= 0.6 is 0 Å². The van der Waals surface area contributed by atoms with Crippen molar-refractivity contribution in [3.8, 4) is 6.07 Å². The first-order chi connectivity index (χ1) is 9.62. The Morgan fingerprint density at radius 3 is 2.55 bits per heavy atom. The Morgan fingerprint density at radius 2 is 2.05 bits per heavy atom. The van der Waals surface area contributed by atoms with E-state index in [0.29, 0.717) is 0 Å². The predicted octanol–water partition coefficient (Wildman–Crippen LogP) is 3.22. The molecule has 1 rings (SSSR count). The highest BCUT2D eigenvalue weighted by Gasteiger charge is 2.17. The van der Waals surface area contributed by atoms with E-state index in [9.17, 15) is 4.79 Å². The van der Waals surface area contributed by atoms with Crippen LogP contribution in [0.1, 0.15) is 37.4 Å². The summed E-state index contributed by atoms with van der Waals surface area (Å²) in [5.74, 6) is -1.48. The smallest absolute Gasteiger partial charge is 0.328 e. The molecule has 0 spiro atoms. The first-order valence-corrected chi connectivity index (χ1v) is 6.78. The summed E-state index contributed by atoms with van der Waals surface area (Å²) in [5.41, 5.74) is 2.27. The van der Waals surface area contributed by atoms with Gasteiger partial charge in [0.25, 0.3) is 0 Å². The van der Waals surface area contributed by atoms with Crippen molar-refractivity contribution in [2.75, 3.05) is 6.61 Å². The predicted molar refractivity (Wildman–Crippen MR) is 78.4 cm³/mol. The van der Waals surface area contributed by atoms with Gasteiger partial charge in [0.05, 0.1) is 18.7 Å². The van der Waals surface area contributed by atoms with Crippen molar-refractivity contribution in [1.29, 1.82) is 5.26 Å². The topological polar surface area (TPSA) is 62.5 Å². The Morgan fingerprint density at radius 1 is 1.40 bits per heavy atom. The summed E-state index contributed by atoms with van der Waals surface area (Å²) >= 11 is 0. The fourth-order valence-corrected chi connectivity index (χ4v) is 1.78. The summed E-state index contributed by atoms with van der Waals surface area (Å²) in [6, 6.07) is 9.96. The monoisotopic (exact) mass is 272 g/mol. The fraction of sp³-hybridized carbons (Fsp3) is 0.438. The molecule has 0 fully saturated rings. The average molecular weight is 272 g/mol. The molecule has 20 heavy (non-hydrogen) atoms. The van der Waals surface area contributed by atoms with Crippen LogP contribution in [0.15, 0.2) is 29.3 Å². The van der Waals surface area contributed by atoms with Gasteiger partial charge in [-0.15, -0.1) is 0 Å². The van der Waals surface area contributed by atoms with E-state index < -0.39 is 11.9 Å². The van der Waals surface area contributed by atoms with Gasteiger partial charge >= 0.3 is 5.97 Å². The molecule has 4 heteroatoms. The third kappa shape index (κ3) is 4.51. The van der Waals surface area contributed by atoms with Crippen molar-refractivity contribution in [2.45, 2.75) is 33.2 Å². The molecule has 1 aromatic rings. The lowest BCUT2D eigenvalue weighted by Gasteiger charge is -2.11. The molecule has 0 amide bonds. The molecule has 2 atom stereocenters. The maximum atomic E-state index is 11.5. The number of carbonyl (C=O) groups is 1. The molecule has 4 nitrogen and oxygen atoms in total. The summed E-state index contributed by atoms with van der Waals surface area (Å²) < 4.78 is 4.83. The molecular formula is C16H20N2O2. The van der Waals surface area contributed by atoms with Crippen LogP contribution in [0.2, 0.25) is 0 Å². The SMILES string of the molecule is CCOC(=O)C(C#N)C=N[C@@H](CC)c1ccc(C)cc1. The van der Waals surface area contributed by atoms with Crippen molar-refractivity contribution in [2.24, 2.45) is 10.9 Å². The number of aryl methyl sites for hydroxylation is 1. The third-order valence-corrected chi connectivity index (χ3v) is 2.94. The number of hydrogen-bond donors (Lipinski definition) is 0. The van der Waals surface area contributed by atoms with Crippen molar-refractivity contribution >= 4 is 12.2 Å². The number of nitrogens with zero attached hydrogens (tertiary/aromatic N) is 2. The maximum absolute atomic E-state index is 11.5. The average Bonchev–Trinajstić information content (AvgIpc) is 2.45. The van der Waals surface area contributed by atoms with Gasteiger partial charge < -0.3 is 4.74 Å². The zero-order valence-corrected chi connectivity index (χ0v) is 12.2. The molecule has 1 aromatic carbocycles. The van der Waals surface area contributed by atoms with Crippen LogP contribution in [0.25, 0.3) is 0 Å². The number of nitriles is 1. The van der Waals surface area contributed by atoms with Crippen LogP contribution < -0.4 is 0 Å². The van der Waals surface area contributed by atoms with Crippen LogP contribution in [0.3, 0.4) is 0 Å². The highest BCUT2D eigenvalue weighted by Crippen LogP contribution is 2.21. The number of hydrogen-bond acceptors (Lipinski definition) is 4. The van der Waals surface area contributed by atoms with Gasteiger partial charge in [-0.1, -0.05) is 36.8 Å². The maximum Gasteiger partial charge on any atom is 0.328 e. The fourth-order valence-electron chi connectivity index (χ4n) is 1.78. The number of ether oxygens (including phenoxy) is 1. The van der Waals surface area contributed by atoms with Crippen LogP contribution in [0.5, 0.6) is 0 Å². The first-order valence-electron chi connectivity index (χ1n) is 6.78. The number of esters is 1. The van der Waals surface area contributed by atoms with E-state index >= 15 is 0 Å². The van der Waals surface area contributed by atoms with E-state index in [4.69, 9.17) is 10.00 Å². The Labute approximate surface area is 120 Å². The van der Waals surface area contributed by atoms with Crippen LogP contribution in [0, 0.1) is 24.2 Å². The van der Waals surface area contributed by atoms with Gasteiger partial charge in [0.1, 0.15) is 0 Å². The van der Waals surface area contributed by atoms with E-state index in [1.54, 1.807) is 6.92 Å². The molecule has 0 heterocycles. The summed E-state index contributed by atoms with van der Waals surface area (Å²) in [6.07, 6.45) is 2.20. The van der Waals surface area contributed by atoms with Crippen LogP contribution in [-0.4, -0.2) is 18.8 Å². The zero-order chi connectivity index (χ0) is 15.0. The molecule has 0 N–H and O–H groups in total. The minimum atomic E-state index is -0.936. The zero-order valence-electron chi connectivity index (χ0n) is 12.2. The van der Waals surface area contributed by atoms with E-state index in [-0.39, 0.29) is 12.6 Å². The highest BCUT2D eigenvalue weighted by atomic mass is 16.5. The summed E-state index contributed by atoms with van der Waals surface area (Å²) in [7, 11) is 0. The molecule has 0 bridgehead atoms. The normalized spacial score (nSPS) is 13.7. The van der Waals surface area contributed by atoms with Crippen molar-refractivity contribution in [3.63, 3.8) is 0 Å². The molecule has 0 aromatic heterocycles. The van der Waals surface area contributed by atoms with Gasteiger partial charge in [0, 0.05) is 6.21 Å². The number of carbonyl (C=O) groups excluding carboxylic acids is 1. The third-order valence-electron chi connectivity index (χ3n) is 2.94. The van der Waals surface area contributed by atoms with Crippen molar-refractivity contribution in [3.05, 3.63) is 35.4 Å². The lowest BCUT2D eigenvalue weighted by atomic mass is 10.0. The second kappa shape index (κ2) is 8.11. The Kier molecular flexibility index (Phi) is 6.45. The summed E-state index contributed by atoms with van der Waals surface area (Å²) in [5, 5.41) is 8.97. The van der Waals surface area contributed by atoms with E-state index in [2.05, 4.69) is 4.99 Å². The minimum Gasteiger partial charge on any atom is -0.465 e. The van der Waals surface area contributed by atoms with E-state index in [1.165, 1.54) is 11.8 Å². The lowest BCUT2D eigenvalue weighted by Crippen LogP contribution is -2.17. The van der Waals surface area contributed by atoms with Gasteiger partial charge in [-0.25, -0.2) is 0 Å². The molecule has 0 saturated heterocycles. The van der Waals surface area contributed by atoms with Gasteiger partial charge in [-0.05, 0) is 25.8 Å². The summed E-state index contributed by atoms with van der Waals surface area (Å²) in [6.45, 7) is 6.03. The Bertz CT molecular complexity index is 500.